The lowest BCUT2D eigenvalue weighted by molar-refractivity contribution is 0.281. The van der Waals surface area contributed by atoms with Crippen molar-refractivity contribution >= 4 is 0 Å². The summed E-state index contributed by atoms with van der Waals surface area (Å²) in [5.74, 6) is 5.27. The van der Waals surface area contributed by atoms with E-state index in [0.29, 0.717) is 0 Å². The Balaban J connectivity index is 3.00. The molecule has 0 radical (unpaired) electrons. The zero-order chi connectivity index (χ0) is 25.3. The molecule has 0 bridgehead atoms. The van der Waals surface area contributed by atoms with E-state index in [4.69, 9.17) is 0 Å². The zero-order valence-corrected chi connectivity index (χ0v) is 24.7. The largest absolute Gasteiger partial charge is 0.0651 e. The third kappa shape index (κ3) is 11.8. The van der Waals surface area contributed by atoms with Crippen molar-refractivity contribution in [2.45, 2.75) is 145 Å². The molecule has 0 amide bonds. The SMILES string of the molecule is CCC(CC)CC(Cc1cccc(CC(CC(CC)CC)CC(CC)CC)c1)CC(CC)CC. The summed E-state index contributed by atoms with van der Waals surface area (Å²) in [4.78, 5) is 0. The van der Waals surface area contributed by atoms with Crippen LogP contribution in [0.4, 0.5) is 0 Å². The topological polar surface area (TPSA) is 0 Å². The lowest BCUT2D eigenvalue weighted by Crippen LogP contribution is -2.16. The van der Waals surface area contributed by atoms with Crippen LogP contribution in [0.3, 0.4) is 0 Å². The molecular formula is C34H62. The van der Waals surface area contributed by atoms with Gasteiger partial charge in [-0.1, -0.05) is 131 Å². The van der Waals surface area contributed by atoms with E-state index >= 15 is 0 Å². The van der Waals surface area contributed by atoms with Crippen molar-refractivity contribution in [3.63, 3.8) is 0 Å². The molecule has 198 valence electrons. The Morgan fingerprint density at radius 3 is 0.912 bits per heavy atom. The maximum atomic E-state index is 2.60. The number of hydrogen-bond acceptors (Lipinski definition) is 0. The standard InChI is InChI=1S/C34H62/c1-9-27(10-2)20-33(21-28(11-3)12-4)25-31-18-17-19-32(24-31)26-34(22-29(13-5)14-6)23-30(15-7)16-8/h17-19,24,27-30,33-34H,9-16,20-23,25-26H2,1-8H3. The number of hydrogen-bond donors (Lipinski definition) is 0. The Kier molecular flexibility index (Phi) is 17.0. The summed E-state index contributed by atoms with van der Waals surface area (Å²) in [7, 11) is 0. The van der Waals surface area contributed by atoms with E-state index in [9.17, 15) is 0 Å². The van der Waals surface area contributed by atoms with Gasteiger partial charge in [-0.2, -0.15) is 0 Å². The number of rotatable bonds is 20. The van der Waals surface area contributed by atoms with Crippen LogP contribution in [0.5, 0.6) is 0 Å². The monoisotopic (exact) mass is 470 g/mol. The highest BCUT2D eigenvalue weighted by molar-refractivity contribution is 5.24. The van der Waals surface area contributed by atoms with Crippen LogP contribution in [0, 0.1) is 35.5 Å². The molecule has 0 unspecified atom stereocenters. The lowest BCUT2D eigenvalue weighted by Gasteiger charge is -2.27. The van der Waals surface area contributed by atoms with Crippen molar-refractivity contribution in [2.24, 2.45) is 35.5 Å². The Morgan fingerprint density at radius 1 is 0.412 bits per heavy atom. The predicted octanol–water partition coefficient (Wildman–Crippen LogP) is 11.3. The van der Waals surface area contributed by atoms with Crippen LogP contribution in [0.25, 0.3) is 0 Å². The molecule has 0 spiro atoms. The molecule has 0 aliphatic carbocycles. The van der Waals surface area contributed by atoms with Gasteiger partial charge in [0.1, 0.15) is 0 Å². The molecule has 0 saturated carbocycles. The minimum Gasteiger partial charge on any atom is -0.0651 e. The fourth-order valence-corrected chi connectivity index (χ4v) is 6.45. The lowest BCUT2D eigenvalue weighted by atomic mass is 9.79. The van der Waals surface area contributed by atoms with E-state index in [1.165, 1.54) is 89.9 Å². The predicted molar refractivity (Wildman–Crippen MR) is 156 cm³/mol. The van der Waals surface area contributed by atoms with Gasteiger partial charge in [0.25, 0.3) is 0 Å². The van der Waals surface area contributed by atoms with Crippen LogP contribution >= 0.6 is 0 Å². The molecule has 1 aromatic rings. The van der Waals surface area contributed by atoms with Gasteiger partial charge < -0.3 is 0 Å². The summed E-state index contributed by atoms with van der Waals surface area (Å²) in [5, 5.41) is 0. The van der Waals surface area contributed by atoms with Gasteiger partial charge >= 0.3 is 0 Å². The summed E-state index contributed by atoms with van der Waals surface area (Å²) >= 11 is 0. The van der Waals surface area contributed by atoms with Crippen molar-refractivity contribution in [3.8, 4) is 0 Å². The van der Waals surface area contributed by atoms with Gasteiger partial charge in [0.05, 0.1) is 0 Å². The van der Waals surface area contributed by atoms with Gasteiger partial charge in [-0.05, 0) is 85.2 Å². The Hall–Kier alpha value is -0.780. The molecule has 1 aromatic carbocycles. The maximum absolute atomic E-state index is 2.60. The molecule has 0 atom stereocenters. The fourth-order valence-electron chi connectivity index (χ4n) is 6.45. The van der Waals surface area contributed by atoms with Gasteiger partial charge in [0, 0.05) is 0 Å². The van der Waals surface area contributed by atoms with Crippen molar-refractivity contribution < 1.29 is 0 Å². The minimum atomic E-state index is 0.843. The molecule has 0 heteroatoms. The summed E-state index contributed by atoms with van der Waals surface area (Å²) in [6, 6.07) is 9.81. The summed E-state index contributed by atoms with van der Waals surface area (Å²) in [5.41, 5.74) is 3.20. The third-order valence-electron chi connectivity index (χ3n) is 9.33. The first kappa shape index (κ1) is 31.3. The number of benzene rings is 1. The average molecular weight is 471 g/mol. The van der Waals surface area contributed by atoms with E-state index in [1.54, 1.807) is 11.1 Å². The van der Waals surface area contributed by atoms with E-state index in [0.717, 1.165) is 35.5 Å². The second-order valence-electron chi connectivity index (χ2n) is 11.6. The molecule has 0 nitrogen and oxygen atoms in total. The first-order valence-electron chi connectivity index (χ1n) is 15.5. The van der Waals surface area contributed by atoms with Crippen LogP contribution < -0.4 is 0 Å². The van der Waals surface area contributed by atoms with Crippen molar-refractivity contribution in [2.75, 3.05) is 0 Å². The van der Waals surface area contributed by atoms with Crippen molar-refractivity contribution in [1.29, 1.82) is 0 Å². The highest BCUT2D eigenvalue weighted by Crippen LogP contribution is 2.32. The summed E-state index contributed by atoms with van der Waals surface area (Å²) < 4.78 is 0. The highest BCUT2D eigenvalue weighted by atomic mass is 14.3. The molecule has 34 heavy (non-hydrogen) atoms. The first-order valence-corrected chi connectivity index (χ1v) is 15.5. The van der Waals surface area contributed by atoms with Crippen LogP contribution in [-0.2, 0) is 12.8 Å². The van der Waals surface area contributed by atoms with E-state index < -0.39 is 0 Å². The molecular weight excluding hydrogens is 408 g/mol. The van der Waals surface area contributed by atoms with Crippen LogP contribution in [-0.4, -0.2) is 0 Å². The fraction of sp³-hybridized carbons (Fsp3) is 0.824. The second-order valence-corrected chi connectivity index (χ2v) is 11.6. The summed E-state index contributed by atoms with van der Waals surface area (Å²) in [6.45, 7) is 19.1. The van der Waals surface area contributed by atoms with Gasteiger partial charge in [-0.25, -0.2) is 0 Å². The van der Waals surface area contributed by atoms with Crippen LogP contribution in [0.1, 0.15) is 144 Å². The van der Waals surface area contributed by atoms with Crippen LogP contribution in [0.2, 0.25) is 0 Å². The first-order chi connectivity index (χ1) is 16.5. The van der Waals surface area contributed by atoms with E-state index in [-0.39, 0.29) is 0 Å². The molecule has 0 N–H and O–H groups in total. The van der Waals surface area contributed by atoms with Gasteiger partial charge in [-0.3, -0.25) is 0 Å². The smallest absolute Gasteiger partial charge is 0.0250 e. The average Bonchev–Trinajstić information content (AvgIpc) is 2.87. The highest BCUT2D eigenvalue weighted by Gasteiger charge is 2.21. The maximum Gasteiger partial charge on any atom is -0.0250 e. The second kappa shape index (κ2) is 18.5. The normalized spacial score (nSPS) is 12.4. The Morgan fingerprint density at radius 2 is 0.676 bits per heavy atom. The van der Waals surface area contributed by atoms with E-state index in [2.05, 4.69) is 79.7 Å². The zero-order valence-electron chi connectivity index (χ0n) is 24.7. The van der Waals surface area contributed by atoms with Crippen molar-refractivity contribution in [1.82, 2.24) is 0 Å². The van der Waals surface area contributed by atoms with Crippen LogP contribution in [0.15, 0.2) is 24.3 Å². The molecule has 0 aliphatic heterocycles. The Labute approximate surface area is 216 Å². The van der Waals surface area contributed by atoms with E-state index in [1.807, 2.05) is 0 Å². The molecule has 0 heterocycles. The van der Waals surface area contributed by atoms with Gasteiger partial charge in [-0.15, -0.1) is 0 Å². The molecule has 0 aromatic heterocycles. The molecule has 0 fully saturated rings. The van der Waals surface area contributed by atoms with Crippen molar-refractivity contribution in [3.05, 3.63) is 35.4 Å². The van der Waals surface area contributed by atoms with Gasteiger partial charge in [0.2, 0.25) is 0 Å². The Bertz CT molecular complexity index is 509. The van der Waals surface area contributed by atoms with Gasteiger partial charge in [0.15, 0.2) is 0 Å². The molecule has 0 saturated heterocycles. The summed E-state index contributed by atoms with van der Waals surface area (Å²) in [6.07, 6.45) is 18.9. The molecule has 0 aliphatic rings. The molecule has 1 rings (SSSR count). The third-order valence-corrected chi connectivity index (χ3v) is 9.33. The minimum absolute atomic E-state index is 0.843. The quantitative estimate of drug-likeness (QED) is 0.178.